The van der Waals surface area contributed by atoms with Crippen LogP contribution in [0.25, 0.3) is 0 Å². The average molecular weight is 259 g/mol. The second-order valence-electron chi connectivity index (χ2n) is 5.56. The molecule has 0 spiro atoms. The third kappa shape index (κ3) is 4.68. The Labute approximate surface area is 107 Å². The third-order valence-electron chi connectivity index (χ3n) is 3.87. The first-order valence-corrected chi connectivity index (χ1v) is 8.38. The molecule has 2 saturated heterocycles. The van der Waals surface area contributed by atoms with Gasteiger partial charge in [0.05, 0.1) is 0 Å². The van der Waals surface area contributed by atoms with Crippen molar-refractivity contribution < 1.29 is 8.95 Å². The first kappa shape index (κ1) is 13.5. The van der Waals surface area contributed by atoms with Crippen molar-refractivity contribution in [2.24, 2.45) is 11.8 Å². The molecule has 0 aromatic heterocycles. The molecule has 2 rings (SSSR count). The van der Waals surface area contributed by atoms with Gasteiger partial charge in [0.2, 0.25) is 0 Å². The molecule has 2 unspecified atom stereocenters. The van der Waals surface area contributed by atoms with Crippen LogP contribution in [0.3, 0.4) is 0 Å². The molecule has 0 aromatic carbocycles. The molecule has 2 aliphatic heterocycles. The third-order valence-corrected chi connectivity index (χ3v) is 5.45. The Kier molecular flexibility index (Phi) is 5.45. The van der Waals surface area contributed by atoms with Crippen LogP contribution in [0.1, 0.15) is 26.2 Å². The van der Waals surface area contributed by atoms with Crippen molar-refractivity contribution in [1.82, 2.24) is 4.90 Å². The van der Waals surface area contributed by atoms with Gasteiger partial charge in [-0.05, 0) is 37.6 Å². The lowest BCUT2D eigenvalue weighted by atomic mass is 9.96. The van der Waals surface area contributed by atoms with Gasteiger partial charge in [0.1, 0.15) is 0 Å². The van der Waals surface area contributed by atoms with Crippen LogP contribution in [0.5, 0.6) is 0 Å². The largest absolute Gasteiger partial charge is 0.381 e. The summed E-state index contributed by atoms with van der Waals surface area (Å²) in [5.74, 6) is 3.21. The van der Waals surface area contributed by atoms with E-state index in [-0.39, 0.29) is 0 Å². The quantitative estimate of drug-likeness (QED) is 0.769. The Hall–Kier alpha value is 0.0700. The van der Waals surface area contributed by atoms with Gasteiger partial charge >= 0.3 is 0 Å². The predicted molar refractivity (Wildman–Crippen MR) is 71.6 cm³/mol. The molecule has 17 heavy (non-hydrogen) atoms. The highest BCUT2D eigenvalue weighted by atomic mass is 32.2. The van der Waals surface area contributed by atoms with Crippen LogP contribution in [-0.4, -0.2) is 53.5 Å². The molecule has 0 radical (unpaired) electrons. The van der Waals surface area contributed by atoms with Gasteiger partial charge in [0.25, 0.3) is 0 Å². The molecule has 2 fully saturated rings. The van der Waals surface area contributed by atoms with E-state index in [1.165, 1.54) is 25.8 Å². The molecule has 2 heterocycles. The molecule has 2 aliphatic rings. The molecule has 3 nitrogen and oxygen atoms in total. The highest BCUT2D eigenvalue weighted by Crippen LogP contribution is 2.19. The highest BCUT2D eigenvalue weighted by molar-refractivity contribution is 7.85. The molecular weight excluding hydrogens is 234 g/mol. The van der Waals surface area contributed by atoms with Gasteiger partial charge < -0.3 is 9.64 Å². The standard InChI is InChI=1S/C13H25NO2S/c1-12-10-14(6-9-17(15)11-12)5-2-13-3-7-16-8-4-13/h12-13H,2-11H2,1H3. The van der Waals surface area contributed by atoms with Crippen LogP contribution in [0.2, 0.25) is 0 Å². The van der Waals surface area contributed by atoms with Crippen LogP contribution in [0.4, 0.5) is 0 Å². The van der Waals surface area contributed by atoms with Crippen LogP contribution < -0.4 is 0 Å². The molecule has 4 heteroatoms. The Balaban J connectivity index is 1.72. The van der Waals surface area contributed by atoms with E-state index < -0.39 is 10.8 Å². The Morgan fingerprint density at radius 3 is 2.88 bits per heavy atom. The zero-order valence-electron chi connectivity index (χ0n) is 10.9. The maximum absolute atomic E-state index is 11.6. The van der Waals surface area contributed by atoms with Gasteiger partial charge in [-0.1, -0.05) is 6.92 Å². The van der Waals surface area contributed by atoms with Crippen molar-refractivity contribution in [3.8, 4) is 0 Å². The lowest BCUT2D eigenvalue weighted by Gasteiger charge is -2.26. The van der Waals surface area contributed by atoms with Gasteiger partial charge in [-0.15, -0.1) is 0 Å². The SMILES string of the molecule is CC1CN(CCC2CCOCC2)CCS(=O)C1. The minimum Gasteiger partial charge on any atom is -0.381 e. The fraction of sp³-hybridized carbons (Fsp3) is 1.00. The molecule has 2 atom stereocenters. The van der Waals surface area contributed by atoms with Crippen LogP contribution >= 0.6 is 0 Å². The monoisotopic (exact) mass is 259 g/mol. The molecule has 0 bridgehead atoms. The summed E-state index contributed by atoms with van der Waals surface area (Å²) in [6, 6.07) is 0. The lowest BCUT2D eigenvalue weighted by molar-refractivity contribution is 0.0599. The molecule has 100 valence electrons. The van der Waals surface area contributed by atoms with Gasteiger partial charge in [0, 0.05) is 48.6 Å². The van der Waals surface area contributed by atoms with E-state index in [4.69, 9.17) is 4.74 Å². The fourth-order valence-corrected chi connectivity index (χ4v) is 4.19. The van der Waals surface area contributed by atoms with Crippen molar-refractivity contribution in [1.29, 1.82) is 0 Å². The van der Waals surface area contributed by atoms with E-state index in [1.54, 1.807) is 0 Å². The maximum atomic E-state index is 11.6. The molecule has 0 aliphatic carbocycles. The summed E-state index contributed by atoms with van der Waals surface area (Å²) < 4.78 is 17.0. The highest BCUT2D eigenvalue weighted by Gasteiger charge is 2.20. The molecule has 0 saturated carbocycles. The summed E-state index contributed by atoms with van der Waals surface area (Å²) in [5.41, 5.74) is 0. The predicted octanol–water partition coefficient (Wildman–Crippen LogP) is 1.50. The summed E-state index contributed by atoms with van der Waals surface area (Å²) in [7, 11) is -0.578. The maximum Gasteiger partial charge on any atom is 0.0468 e. The summed E-state index contributed by atoms with van der Waals surface area (Å²) in [5, 5.41) is 0. The normalized spacial score (nSPS) is 33.5. The van der Waals surface area contributed by atoms with Crippen molar-refractivity contribution in [3.05, 3.63) is 0 Å². The van der Waals surface area contributed by atoms with E-state index in [0.717, 1.165) is 43.7 Å². The van der Waals surface area contributed by atoms with Gasteiger partial charge in [-0.3, -0.25) is 4.21 Å². The second kappa shape index (κ2) is 6.86. The minimum absolute atomic E-state index is 0.578. The lowest BCUT2D eigenvalue weighted by Crippen LogP contribution is -2.32. The zero-order chi connectivity index (χ0) is 12.1. The van der Waals surface area contributed by atoms with E-state index in [2.05, 4.69) is 11.8 Å². The Bertz CT molecular complexity index is 254. The smallest absolute Gasteiger partial charge is 0.0468 e. The number of hydrogen-bond donors (Lipinski definition) is 0. The molecule has 0 aromatic rings. The van der Waals surface area contributed by atoms with E-state index in [0.29, 0.717) is 5.92 Å². The number of nitrogens with zero attached hydrogens (tertiary/aromatic N) is 1. The van der Waals surface area contributed by atoms with Crippen molar-refractivity contribution in [2.75, 3.05) is 44.4 Å². The summed E-state index contributed by atoms with van der Waals surface area (Å²) in [4.78, 5) is 2.52. The van der Waals surface area contributed by atoms with Crippen molar-refractivity contribution in [2.45, 2.75) is 26.2 Å². The molecular formula is C13H25NO2S. The van der Waals surface area contributed by atoms with Crippen LogP contribution in [0, 0.1) is 11.8 Å². The number of ether oxygens (including phenoxy) is 1. The summed E-state index contributed by atoms with van der Waals surface area (Å²) >= 11 is 0. The van der Waals surface area contributed by atoms with E-state index in [9.17, 15) is 4.21 Å². The minimum atomic E-state index is -0.578. The molecule has 0 N–H and O–H groups in total. The van der Waals surface area contributed by atoms with E-state index >= 15 is 0 Å². The Morgan fingerprint density at radius 1 is 1.35 bits per heavy atom. The van der Waals surface area contributed by atoms with Crippen molar-refractivity contribution >= 4 is 10.8 Å². The molecule has 0 amide bonds. The van der Waals surface area contributed by atoms with Crippen LogP contribution in [0.15, 0.2) is 0 Å². The first-order chi connectivity index (χ1) is 8.24. The Morgan fingerprint density at radius 2 is 2.12 bits per heavy atom. The topological polar surface area (TPSA) is 29.5 Å². The average Bonchev–Trinajstić information content (AvgIpc) is 2.49. The van der Waals surface area contributed by atoms with Crippen LogP contribution in [-0.2, 0) is 15.5 Å². The van der Waals surface area contributed by atoms with Gasteiger partial charge in [-0.25, -0.2) is 0 Å². The summed E-state index contributed by atoms with van der Waals surface area (Å²) in [6.07, 6.45) is 3.76. The van der Waals surface area contributed by atoms with Gasteiger partial charge in [-0.2, -0.15) is 0 Å². The zero-order valence-corrected chi connectivity index (χ0v) is 11.7. The van der Waals surface area contributed by atoms with Crippen molar-refractivity contribution in [3.63, 3.8) is 0 Å². The number of hydrogen-bond acceptors (Lipinski definition) is 3. The van der Waals surface area contributed by atoms with Gasteiger partial charge in [0.15, 0.2) is 0 Å². The fourth-order valence-electron chi connectivity index (χ4n) is 2.82. The first-order valence-electron chi connectivity index (χ1n) is 6.89. The van der Waals surface area contributed by atoms with E-state index in [1.807, 2.05) is 0 Å². The number of rotatable bonds is 3. The second-order valence-corrected chi connectivity index (χ2v) is 7.18. The summed E-state index contributed by atoms with van der Waals surface area (Å²) in [6.45, 7) is 7.47.